The van der Waals surface area contributed by atoms with Crippen LogP contribution in [0.2, 0.25) is 0 Å². The molecular formula is C18H17FN2O4. The number of carbonyl (C=O) groups is 2. The van der Waals surface area contributed by atoms with Crippen molar-refractivity contribution < 1.29 is 23.5 Å². The molecule has 2 aromatic carbocycles. The SMILES string of the molecule is O=C(CCc1ccccc1F)NCC(=O)Nc1ccc2c(c1)OCO2. The maximum atomic E-state index is 13.5. The number of anilines is 1. The van der Waals surface area contributed by atoms with Crippen molar-refractivity contribution in [1.82, 2.24) is 5.32 Å². The van der Waals surface area contributed by atoms with Crippen LogP contribution in [0.15, 0.2) is 42.5 Å². The average molecular weight is 344 g/mol. The maximum absolute atomic E-state index is 13.5. The van der Waals surface area contributed by atoms with Crippen LogP contribution in [-0.2, 0) is 16.0 Å². The fourth-order valence-corrected chi connectivity index (χ4v) is 2.40. The first kappa shape index (κ1) is 16.8. The summed E-state index contributed by atoms with van der Waals surface area (Å²) in [6, 6.07) is 11.3. The largest absolute Gasteiger partial charge is 0.454 e. The molecule has 0 aromatic heterocycles. The summed E-state index contributed by atoms with van der Waals surface area (Å²) in [7, 11) is 0. The van der Waals surface area contributed by atoms with E-state index in [0.29, 0.717) is 22.7 Å². The van der Waals surface area contributed by atoms with Gasteiger partial charge in [-0.1, -0.05) is 18.2 Å². The van der Waals surface area contributed by atoms with Crippen LogP contribution >= 0.6 is 0 Å². The first-order valence-electron chi connectivity index (χ1n) is 7.81. The number of amides is 2. The van der Waals surface area contributed by atoms with Crippen LogP contribution < -0.4 is 20.1 Å². The number of hydrogen-bond acceptors (Lipinski definition) is 4. The van der Waals surface area contributed by atoms with E-state index in [-0.39, 0.29) is 43.8 Å². The molecule has 1 aliphatic heterocycles. The number of hydrogen-bond donors (Lipinski definition) is 2. The highest BCUT2D eigenvalue weighted by atomic mass is 19.1. The van der Waals surface area contributed by atoms with Crippen LogP contribution in [-0.4, -0.2) is 25.2 Å². The van der Waals surface area contributed by atoms with Crippen LogP contribution in [0.5, 0.6) is 11.5 Å². The highest BCUT2D eigenvalue weighted by molar-refractivity contribution is 5.94. The van der Waals surface area contributed by atoms with E-state index >= 15 is 0 Å². The minimum absolute atomic E-state index is 0.109. The minimum atomic E-state index is -0.363. The summed E-state index contributed by atoms with van der Waals surface area (Å²) in [5.74, 6) is 0.171. The molecule has 0 saturated heterocycles. The van der Waals surface area contributed by atoms with E-state index in [1.807, 2.05) is 0 Å². The van der Waals surface area contributed by atoms with E-state index in [4.69, 9.17) is 9.47 Å². The van der Waals surface area contributed by atoms with Gasteiger partial charge >= 0.3 is 0 Å². The average Bonchev–Trinajstić information content (AvgIpc) is 3.07. The molecule has 2 aromatic rings. The van der Waals surface area contributed by atoms with Crippen molar-refractivity contribution in [3.63, 3.8) is 0 Å². The molecule has 7 heteroatoms. The predicted molar refractivity (Wildman–Crippen MR) is 88.9 cm³/mol. The monoisotopic (exact) mass is 344 g/mol. The Labute approximate surface area is 143 Å². The molecule has 0 spiro atoms. The second-order valence-electron chi connectivity index (χ2n) is 5.48. The number of aryl methyl sites for hydroxylation is 1. The molecule has 1 aliphatic rings. The van der Waals surface area contributed by atoms with E-state index in [0.717, 1.165) is 0 Å². The Bertz CT molecular complexity index is 794. The molecule has 25 heavy (non-hydrogen) atoms. The van der Waals surface area contributed by atoms with Gasteiger partial charge in [-0.2, -0.15) is 0 Å². The van der Waals surface area contributed by atoms with Crippen LogP contribution in [0.1, 0.15) is 12.0 Å². The third-order valence-corrected chi connectivity index (χ3v) is 3.68. The van der Waals surface area contributed by atoms with Crippen molar-refractivity contribution in [3.05, 3.63) is 53.8 Å². The van der Waals surface area contributed by atoms with Gasteiger partial charge in [0.05, 0.1) is 6.54 Å². The molecular weight excluding hydrogens is 327 g/mol. The molecule has 0 radical (unpaired) electrons. The molecule has 1 heterocycles. The number of nitrogens with one attached hydrogen (secondary N) is 2. The molecule has 0 atom stereocenters. The van der Waals surface area contributed by atoms with E-state index < -0.39 is 0 Å². The van der Waals surface area contributed by atoms with Crippen molar-refractivity contribution in [1.29, 1.82) is 0 Å². The molecule has 0 aliphatic carbocycles. The summed E-state index contributed by atoms with van der Waals surface area (Å²) in [4.78, 5) is 23.7. The Morgan fingerprint density at radius 2 is 1.84 bits per heavy atom. The lowest BCUT2D eigenvalue weighted by Gasteiger charge is -2.08. The molecule has 0 saturated carbocycles. The van der Waals surface area contributed by atoms with Gasteiger partial charge in [-0.15, -0.1) is 0 Å². The minimum Gasteiger partial charge on any atom is -0.454 e. The summed E-state index contributed by atoms with van der Waals surface area (Å²) in [5.41, 5.74) is 1.03. The Balaban J connectivity index is 1.42. The maximum Gasteiger partial charge on any atom is 0.243 e. The van der Waals surface area contributed by atoms with Gasteiger partial charge in [-0.25, -0.2) is 4.39 Å². The molecule has 0 bridgehead atoms. The predicted octanol–water partition coefficient (Wildman–Crippen LogP) is 2.24. The number of carbonyl (C=O) groups excluding carboxylic acids is 2. The van der Waals surface area contributed by atoms with E-state index in [1.54, 1.807) is 36.4 Å². The first-order chi connectivity index (χ1) is 12.1. The van der Waals surface area contributed by atoms with Gasteiger partial charge < -0.3 is 20.1 Å². The number of rotatable bonds is 6. The number of benzene rings is 2. The van der Waals surface area contributed by atoms with E-state index in [1.165, 1.54) is 6.07 Å². The van der Waals surface area contributed by atoms with Crippen molar-refractivity contribution >= 4 is 17.5 Å². The Morgan fingerprint density at radius 3 is 2.68 bits per heavy atom. The fraction of sp³-hybridized carbons (Fsp3) is 0.222. The Morgan fingerprint density at radius 1 is 1.04 bits per heavy atom. The van der Waals surface area contributed by atoms with Crippen molar-refractivity contribution in [2.75, 3.05) is 18.7 Å². The zero-order valence-electron chi connectivity index (χ0n) is 13.4. The van der Waals surface area contributed by atoms with E-state index in [2.05, 4.69) is 10.6 Å². The third-order valence-electron chi connectivity index (χ3n) is 3.68. The quantitative estimate of drug-likeness (QED) is 0.843. The van der Waals surface area contributed by atoms with Gasteiger partial charge in [0.25, 0.3) is 0 Å². The smallest absolute Gasteiger partial charge is 0.243 e. The second-order valence-corrected chi connectivity index (χ2v) is 5.48. The Hall–Kier alpha value is -3.09. The summed E-state index contributed by atoms with van der Waals surface area (Å²) in [5, 5.41) is 5.18. The topological polar surface area (TPSA) is 76.7 Å². The molecule has 0 fully saturated rings. The number of fused-ring (bicyclic) bond motifs is 1. The molecule has 3 rings (SSSR count). The summed E-state index contributed by atoms with van der Waals surface area (Å²) >= 11 is 0. The highest BCUT2D eigenvalue weighted by Gasteiger charge is 2.14. The van der Waals surface area contributed by atoms with Crippen molar-refractivity contribution in [3.8, 4) is 11.5 Å². The van der Waals surface area contributed by atoms with Crippen molar-refractivity contribution in [2.45, 2.75) is 12.8 Å². The van der Waals surface area contributed by atoms with Crippen LogP contribution in [0, 0.1) is 5.82 Å². The summed E-state index contributed by atoms with van der Waals surface area (Å²) in [6.07, 6.45) is 0.389. The first-order valence-corrected chi connectivity index (χ1v) is 7.81. The lowest BCUT2D eigenvalue weighted by atomic mass is 10.1. The second kappa shape index (κ2) is 7.65. The molecule has 2 N–H and O–H groups in total. The molecule has 130 valence electrons. The van der Waals surface area contributed by atoms with Crippen molar-refractivity contribution in [2.24, 2.45) is 0 Å². The normalized spacial score (nSPS) is 11.9. The van der Waals surface area contributed by atoms with Gasteiger partial charge in [-0.3, -0.25) is 9.59 Å². The fourth-order valence-electron chi connectivity index (χ4n) is 2.40. The van der Waals surface area contributed by atoms with E-state index in [9.17, 15) is 14.0 Å². The number of halogens is 1. The third kappa shape index (κ3) is 4.47. The molecule has 6 nitrogen and oxygen atoms in total. The van der Waals surface area contributed by atoms with Gasteiger partial charge in [-0.05, 0) is 30.2 Å². The molecule has 0 unspecified atom stereocenters. The zero-order chi connectivity index (χ0) is 17.6. The van der Waals surface area contributed by atoms with Crippen LogP contribution in [0.3, 0.4) is 0 Å². The van der Waals surface area contributed by atoms with Crippen LogP contribution in [0.4, 0.5) is 10.1 Å². The summed E-state index contributed by atoms with van der Waals surface area (Å²) in [6.45, 7) is -0.00462. The van der Waals surface area contributed by atoms with Gasteiger partial charge in [0.1, 0.15) is 5.82 Å². The summed E-state index contributed by atoms with van der Waals surface area (Å²) < 4.78 is 23.9. The van der Waals surface area contributed by atoms with Gasteiger partial charge in [0.2, 0.25) is 18.6 Å². The Kier molecular flexibility index (Phi) is 5.13. The lowest BCUT2D eigenvalue weighted by molar-refractivity contribution is -0.124. The molecule has 2 amide bonds. The van der Waals surface area contributed by atoms with Gasteiger partial charge in [0.15, 0.2) is 11.5 Å². The number of ether oxygens (including phenoxy) is 2. The standard InChI is InChI=1S/C18H17FN2O4/c19-14-4-2-1-3-12(14)5-8-17(22)20-10-18(23)21-13-6-7-15-16(9-13)25-11-24-15/h1-4,6-7,9H,5,8,10-11H2,(H,20,22)(H,21,23). The lowest BCUT2D eigenvalue weighted by Crippen LogP contribution is -2.33. The highest BCUT2D eigenvalue weighted by Crippen LogP contribution is 2.34. The van der Waals surface area contributed by atoms with Crippen LogP contribution in [0.25, 0.3) is 0 Å². The zero-order valence-corrected chi connectivity index (χ0v) is 13.4. The van der Waals surface area contributed by atoms with Gasteiger partial charge in [0, 0.05) is 18.2 Å².